The maximum absolute atomic E-state index is 11.4. The molecule has 3 atom stereocenters. The second-order valence-corrected chi connectivity index (χ2v) is 5.88. The van der Waals surface area contributed by atoms with Gasteiger partial charge in [0.1, 0.15) is 0 Å². The first-order chi connectivity index (χ1) is 7.25. The molecule has 0 bridgehead atoms. The SMILES string of the molecule is CCC(C)(C(=O)O)C1(O)CC(C)CC(C)C1. The highest BCUT2D eigenvalue weighted by molar-refractivity contribution is 5.75. The molecule has 0 aromatic rings. The lowest BCUT2D eigenvalue weighted by molar-refractivity contribution is -0.177. The number of carboxylic acids is 1. The fraction of sp³-hybridized carbons (Fsp3) is 0.923. The Hall–Kier alpha value is -0.570. The minimum absolute atomic E-state index is 0.402. The van der Waals surface area contributed by atoms with Crippen molar-refractivity contribution in [2.75, 3.05) is 0 Å². The van der Waals surface area contributed by atoms with Crippen molar-refractivity contribution in [3.05, 3.63) is 0 Å². The molecule has 1 fully saturated rings. The van der Waals surface area contributed by atoms with Crippen molar-refractivity contribution < 1.29 is 15.0 Å². The molecule has 0 aromatic carbocycles. The van der Waals surface area contributed by atoms with Crippen molar-refractivity contribution in [2.24, 2.45) is 17.3 Å². The van der Waals surface area contributed by atoms with Crippen LogP contribution in [0.3, 0.4) is 0 Å². The molecule has 0 aliphatic heterocycles. The predicted octanol–water partition coefficient (Wildman–Crippen LogP) is 2.67. The molecule has 2 N–H and O–H groups in total. The number of aliphatic carboxylic acids is 1. The Balaban J connectivity index is 3.02. The van der Waals surface area contributed by atoms with E-state index in [2.05, 4.69) is 13.8 Å². The monoisotopic (exact) mass is 228 g/mol. The summed E-state index contributed by atoms with van der Waals surface area (Å²) in [5.74, 6) is -0.0725. The van der Waals surface area contributed by atoms with Gasteiger partial charge in [0.15, 0.2) is 0 Å². The lowest BCUT2D eigenvalue weighted by Crippen LogP contribution is -2.54. The van der Waals surface area contributed by atoms with Crippen LogP contribution in [0, 0.1) is 17.3 Å². The van der Waals surface area contributed by atoms with E-state index in [1.165, 1.54) is 0 Å². The third-order valence-electron chi connectivity index (χ3n) is 4.38. The van der Waals surface area contributed by atoms with Gasteiger partial charge in [0, 0.05) is 0 Å². The molecule has 0 saturated heterocycles. The molecule has 0 amide bonds. The van der Waals surface area contributed by atoms with E-state index in [0.29, 0.717) is 31.1 Å². The van der Waals surface area contributed by atoms with E-state index in [4.69, 9.17) is 0 Å². The van der Waals surface area contributed by atoms with Crippen LogP contribution in [-0.4, -0.2) is 21.8 Å². The highest BCUT2D eigenvalue weighted by Gasteiger charge is 2.53. The van der Waals surface area contributed by atoms with Gasteiger partial charge in [-0.3, -0.25) is 4.79 Å². The van der Waals surface area contributed by atoms with Gasteiger partial charge < -0.3 is 10.2 Å². The molecular weight excluding hydrogens is 204 g/mol. The van der Waals surface area contributed by atoms with Gasteiger partial charge in [-0.15, -0.1) is 0 Å². The summed E-state index contributed by atoms with van der Waals surface area (Å²) in [6.07, 6.45) is 2.77. The molecule has 0 aromatic heterocycles. The van der Waals surface area contributed by atoms with Crippen molar-refractivity contribution in [1.82, 2.24) is 0 Å². The molecular formula is C13H24O3. The van der Waals surface area contributed by atoms with Crippen LogP contribution in [0.5, 0.6) is 0 Å². The van der Waals surface area contributed by atoms with Gasteiger partial charge >= 0.3 is 5.97 Å². The summed E-state index contributed by atoms with van der Waals surface area (Å²) in [6.45, 7) is 7.72. The minimum Gasteiger partial charge on any atom is -0.481 e. The number of carboxylic acid groups (broad SMARTS) is 1. The zero-order valence-electron chi connectivity index (χ0n) is 10.8. The molecule has 1 rings (SSSR count). The molecule has 3 unspecified atom stereocenters. The smallest absolute Gasteiger partial charge is 0.312 e. The molecule has 94 valence electrons. The first-order valence-electron chi connectivity index (χ1n) is 6.21. The van der Waals surface area contributed by atoms with Crippen molar-refractivity contribution in [3.63, 3.8) is 0 Å². The quantitative estimate of drug-likeness (QED) is 0.780. The Morgan fingerprint density at radius 1 is 1.38 bits per heavy atom. The molecule has 1 aliphatic carbocycles. The van der Waals surface area contributed by atoms with Crippen molar-refractivity contribution in [1.29, 1.82) is 0 Å². The highest BCUT2D eigenvalue weighted by Crippen LogP contribution is 2.48. The van der Waals surface area contributed by atoms with Crippen LogP contribution < -0.4 is 0 Å². The Kier molecular flexibility index (Phi) is 3.68. The van der Waals surface area contributed by atoms with E-state index in [9.17, 15) is 15.0 Å². The zero-order valence-corrected chi connectivity index (χ0v) is 10.8. The molecule has 1 saturated carbocycles. The number of hydrogen-bond donors (Lipinski definition) is 2. The molecule has 0 radical (unpaired) electrons. The number of hydrogen-bond acceptors (Lipinski definition) is 2. The van der Waals surface area contributed by atoms with E-state index in [0.717, 1.165) is 6.42 Å². The van der Waals surface area contributed by atoms with E-state index < -0.39 is 17.0 Å². The fourth-order valence-electron chi connectivity index (χ4n) is 3.22. The normalized spacial score (nSPS) is 39.1. The lowest BCUT2D eigenvalue weighted by Gasteiger charge is -2.48. The topological polar surface area (TPSA) is 57.5 Å². The first kappa shape index (κ1) is 13.5. The van der Waals surface area contributed by atoms with Crippen LogP contribution in [0.2, 0.25) is 0 Å². The maximum atomic E-state index is 11.4. The van der Waals surface area contributed by atoms with Crippen LogP contribution in [0.15, 0.2) is 0 Å². The summed E-state index contributed by atoms with van der Waals surface area (Å²) in [6, 6.07) is 0. The van der Waals surface area contributed by atoms with Gasteiger partial charge in [-0.1, -0.05) is 20.8 Å². The zero-order chi connectivity index (χ0) is 12.6. The van der Waals surface area contributed by atoms with Crippen LogP contribution in [0.4, 0.5) is 0 Å². The van der Waals surface area contributed by atoms with Crippen LogP contribution in [-0.2, 0) is 4.79 Å². The van der Waals surface area contributed by atoms with Crippen molar-refractivity contribution in [2.45, 2.75) is 59.0 Å². The summed E-state index contributed by atoms with van der Waals surface area (Å²) < 4.78 is 0. The van der Waals surface area contributed by atoms with Crippen molar-refractivity contribution in [3.8, 4) is 0 Å². The van der Waals surface area contributed by atoms with Gasteiger partial charge in [0.2, 0.25) is 0 Å². The molecule has 3 nitrogen and oxygen atoms in total. The third kappa shape index (κ3) is 2.10. The summed E-state index contributed by atoms with van der Waals surface area (Å²) in [4.78, 5) is 11.4. The molecule has 1 aliphatic rings. The van der Waals surface area contributed by atoms with Gasteiger partial charge in [0.25, 0.3) is 0 Å². The first-order valence-corrected chi connectivity index (χ1v) is 6.21. The van der Waals surface area contributed by atoms with Crippen molar-refractivity contribution >= 4 is 5.97 Å². The molecule has 0 heterocycles. The van der Waals surface area contributed by atoms with Gasteiger partial charge in [-0.2, -0.15) is 0 Å². The Bertz CT molecular complexity index is 264. The predicted molar refractivity (Wildman–Crippen MR) is 63.2 cm³/mol. The van der Waals surface area contributed by atoms with Gasteiger partial charge in [0.05, 0.1) is 11.0 Å². The standard InChI is InChI=1S/C13H24O3/c1-5-12(4,11(14)15)13(16)7-9(2)6-10(3)8-13/h9-10,16H,5-8H2,1-4H3,(H,14,15). The summed E-state index contributed by atoms with van der Waals surface area (Å²) >= 11 is 0. The largest absolute Gasteiger partial charge is 0.481 e. The van der Waals surface area contributed by atoms with Gasteiger partial charge in [-0.25, -0.2) is 0 Å². The summed E-state index contributed by atoms with van der Waals surface area (Å²) in [7, 11) is 0. The molecule has 3 heteroatoms. The fourth-order valence-corrected chi connectivity index (χ4v) is 3.22. The number of carbonyl (C=O) groups is 1. The Labute approximate surface area is 97.9 Å². The van der Waals surface area contributed by atoms with E-state index in [1.54, 1.807) is 6.92 Å². The average molecular weight is 228 g/mol. The van der Waals surface area contributed by atoms with Crippen LogP contribution in [0.25, 0.3) is 0 Å². The third-order valence-corrected chi connectivity index (χ3v) is 4.38. The summed E-state index contributed by atoms with van der Waals surface area (Å²) in [5, 5.41) is 20.1. The average Bonchev–Trinajstić information content (AvgIpc) is 2.13. The van der Waals surface area contributed by atoms with E-state index >= 15 is 0 Å². The van der Waals surface area contributed by atoms with E-state index in [-0.39, 0.29) is 0 Å². The molecule has 16 heavy (non-hydrogen) atoms. The van der Waals surface area contributed by atoms with Crippen LogP contribution in [0.1, 0.15) is 53.4 Å². The second kappa shape index (κ2) is 4.36. The number of rotatable bonds is 3. The van der Waals surface area contributed by atoms with E-state index in [1.807, 2.05) is 6.92 Å². The Morgan fingerprint density at radius 2 is 1.81 bits per heavy atom. The lowest BCUT2D eigenvalue weighted by atomic mass is 9.60. The summed E-state index contributed by atoms with van der Waals surface area (Å²) in [5.41, 5.74) is -2.07. The minimum atomic E-state index is -1.05. The second-order valence-electron chi connectivity index (χ2n) is 5.88. The maximum Gasteiger partial charge on any atom is 0.312 e. The number of aliphatic hydroxyl groups is 1. The highest BCUT2D eigenvalue weighted by atomic mass is 16.4. The Morgan fingerprint density at radius 3 is 2.12 bits per heavy atom. The van der Waals surface area contributed by atoms with Crippen LogP contribution >= 0.6 is 0 Å². The molecule has 0 spiro atoms. The van der Waals surface area contributed by atoms with Gasteiger partial charge in [-0.05, 0) is 44.4 Å².